The topological polar surface area (TPSA) is 60.5 Å². The van der Waals surface area contributed by atoms with Gasteiger partial charge < -0.3 is 18.9 Å². The van der Waals surface area contributed by atoms with Gasteiger partial charge in [0.15, 0.2) is 12.5 Å². The molecular weight excluding hydrogens is 216 g/mol. The van der Waals surface area contributed by atoms with E-state index >= 15 is 0 Å². The molecule has 0 N–H and O–H groups in total. The van der Waals surface area contributed by atoms with E-state index in [0.717, 1.165) is 0 Å². The first-order valence-electron chi connectivity index (χ1n) is 4.82. The maximum atomic E-state index is 12.0. The quantitative estimate of drug-likeness (QED) is 0.641. The summed E-state index contributed by atoms with van der Waals surface area (Å²) < 4.78 is 20.4. The number of nitrogens with zero attached hydrogens (tertiary/aromatic N) is 2. The fourth-order valence-corrected chi connectivity index (χ4v) is 1.71. The van der Waals surface area contributed by atoms with Gasteiger partial charge in [-0.25, -0.2) is 4.79 Å². The zero-order valence-corrected chi connectivity index (χ0v) is 10.0. The van der Waals surface area contributed by atoms with Gasteiger partial charge in [-0.05, 0) is 0 Å². The highest BCUT2D eigenvalue weighted by atomic mass is 16.6. The van der Waals surface area contributed by atoms with Gasteiger partial charge in [-0.15, -0.1) is 0 Å². The molecule has 2 unspecified atom stereocenters. The number of methoxy groups -OCH3 is 4. The zero-order chi connectivity index (χ0) is 12.1. The molecule has 7 heteroatoms. The number of carbonyl (C=O) groups excluding carboxylic acids is 1. The highest BCUT2D eigenvalue weighted by molar-refractivity contribution is 5.77. The summed E-state index contributed by atoms with van der Waals surface area (Å²) in [6.07, 6.45) is -0.986. The van der Waals surface area contributed by atoms with E-state index in [1.54, 1.807) is 0 Å². The second-order valence-electron chi connectivity index (χ2n) is 3.31. The van der Waals surface area contributed by atoms with Crippen LogP contribution in [0.4, 0.5) is 4.79 Å². The summed E-state index contributed by atoms with van der Waals surface area (Å²) >= 11 is 0. The predicted molar refractivity (Wildman–Crippen MR) is 54.4 cm³/mol. The molecule has 0 bridgehead atoms. The third-order valence-corrected chi connectivity index (χ3v) is 2.37. The molecule has 7 nitrogen and oxygen atoms in total. The second kappa shape index (κ2) is 6.00. The van der Waals surface area contributed by atoms with Gasteiger partial charge in [0.2, 0.25) is 0 Å². The van der Waals surface area contributed by atoms with Crippen LogP contribution in [0.5, 0.6) is 0 Å². The average molecular weight is 234 g/mol. The lowest BCUT2D eigenvalue weighted by atomic mass is 10.5. The standard InChI is InChI=1S/C9H18N2O5/c1-13-5-10-7(15-3)8(16-4)11(6-14-2)9(10)12/h7-8H,5-6H2,1-4H3. The minimum atomic E-state index is -0.493. The minimum Gasteiger partial charge on any atom is -0.364 e. The number of amides is 2. The van der Waals surface area contributed by atoms with Crippen LogP contribution in [-0.2, 0) is 18.9 Å². The minimum absolute atomic E-state index is 0.150. The molecular formula is C9H18N2O5. The van der Waals surface area contributed by atoms with Crippen LogP contribution >= 0.6 is 0 Å². The van der Waals surface area contributed by atoms with E-state index in [4.69, 9.17) is 18.9 Å². The molecule has 0 spiro atoms. The van der Waals surface area contributed by atoms with Gasteiger partial charge in [0, 0.05) is 28.4 Å². The highest BCUT2D eigenvalue weighted by Crippen LogP contribution is 2.23. The second-order valence-corrected chi connectivity index (χ2v) is 3.31. The average Bonchev–Trinajstić information content (AvgIpc) is 2.54. The summed E-state index contributed by atoms with van der Waals surface area (Å²) in [5.74, 6) is 0. The molecule has 0 radical (unpaired) electrons. The molecule has 1 heterocycles. The third kappa shape index (κ3) is 2.27. The number of carbonyl (C=O) groups is 1. The van der Waals surface area contributed by atoms with Crippen LogP contribution in [0.1, 0.15) is 0 Å². The summed E-state index contributed by atoms with van der Waals surface area (Å²) in [6, 6.07) is -0.234. The predicted octanol–water partition coefficient (Wildman–Crippen LogP) is -0.123. The van der Waals surface area contributed by atoms with Crippen molar-refractivity contribution in [3.8, 4) is 0 Å². The molecule has 2 atom stereocenters. The first-order chi connectivity index (χ1) is 7.71. The normalized spacial score (nSPS) is 25.6. The Morgan fingerprint density at radius 3 is 1.56 bits per heavy atom. The Morgan fingerprint density at radius 1 is 0.938 bits per heavy atom. The summed E-state index contributed by atoms with van der Waals surface area (Å²) in [7, 11) is 6.06. The van der Waals surface area contributed by atoms with Crippen LogP contribution in [0.15, 0.2) is 0 Å². The zero-order valence-electron chi connectivity index (χ0n) is 10.0. The Hall–Kier alpha value is -0.890. The molecule has 16 heavy (non-hydrogen) atoms. The van der Waals surface area contributed by atoms with Gasteiger partial charge in [0.05, 0.1) is 0 Å². The van der Waals surface area contributed by atoms with Crippen LogP contribution in [0.2, 0.25) is 0 Å². The molecule has 0 aromatic carbocycles. The van der Waals surface area contributed by atoms with Crippen molar-refractivity contribution in [2.75, 3.05) is 41.9 Å². The number of rotatable bonds is 6. The van der Waals surface area contributed by atoms with Crippen LogP contribution < -0.4 is 0 Å². The third-order valence-electron chi connectivity index (χ3n) is 2.37. The Balaban J connectivity index is 2.83. The van der Waals surface area contributed by atoms with Crippen molar-refractivity contribution in [3.63, 3.8) is 0 Å². The Kier molecular flexibility index (Phi) is 4.94. The number of ether oxygens (including phenoxy) is 4. The Morgan fingerprint density at radius 2 is 1.31 bits per heavy atom. The summed E-state index contributed by atoms with van der Waals surface area (Å²) in [5.41, 5.74) is 0. The van der Waals surface area contributed by atoms with Gasteiger partial charge in [-0.3, -0.25) is 9.80 Å². The van der Waals surface area contributed by atoms with Crippen molar-refractivity contribution in [1.29, 1.82) is 0 Å². The van der Waals surface area contributed by atoms with Gasteiger partial charge >= 0.3 is 6.03 Å². The van der Waals surface area contributed by atoms with Crippen molar-refractivity contribution in [2.45, 2.75) is 12.5 Å². The number of hydrogen-bond donors (Lipinski definition) is 0. The lowest BCUT2D eigenvalue weighted by Gasteiger charge is -2.24. The van der Waals surface area contributed by atoms with Crippen LogP contribution in [0, 0.1) is 0 Å². The number of urea groups is 1. The molecule has 0 aromatic rings. The smallest absolute Gasteiger partial charge is 0.328 e. The first kappa shape index (κ1) is 13.2. The van der Waals surface area contributed by atoms with E-state index in [9.17, 15) is 4.79 Å². The monoisotopic (exact) mass is 234 g/mol. The van der Waals surface area contributed by atoms with E-state index in [-0.39, 0.29) is 19.5 Å². The molecule has 0 aromatic heterocycles. The van der Waals surface area contributed by atoms with Crippen molar-refractivity contribution in [1.82, 2.24) is 9.80 Å². The van der Waals surface area contributed by atoms with E-state index in [2.05, 4.69) is 0 Å². The molecule has 1 fully saturated rings. The molecule has 2 amide bonds. The summed E-state index contributed by atoms with van der Waals surface area (Å²) in [6.45, 7) is 0.300. The molecule has 0 aliphatic carbocycles. The largest absolute Gasteiger partial charge is 0.364 e. The van der Waals surface area contributed by atoms with Gasteiger partial charge in [0.1, 0.15) is 13.5 Å². The SMILES string of the molecule is COCN1C(=O)N(COC)C(OC)C1OC. The van der Waals surface area contributed by atoms with Crippen LogP contribution in [0.25, 0.3) is 0 Å². The van der Waals surface area contributed by atoms with Gasteiger partial charge in [-0.2, -0.15) is 0 Å². The summed E-state index contributed by atoms with van der Waals surface area (Å²) in [4.78, 5) is 14.8. The van der Waals surface area contributed by atoms with E-state index < -0.39 is 12.5 Å². The van der Waals surface area contributed by atoms with Crippen molar-refractivity contribution < 1.29 is 23.7 Å². The lowest BCUT2D eigenvalue weighted by Crippen LogP contribution is -2.41. The Labute approximate surface area is 94.8 Å². The van der Waals surface area contributed by atoms with Crippen molar-refractivity contribution >= 4 is 6.03 Å². The van der Waals surface area contributed by atoms with Crippen molar-refractivity contribution in [2.24, 2.45) is 0 Å². The fraction of sp³-hybridized carbons (Fsp3) is 0.889. The molecule has 94 valence electrons. The first-order valence-corrected chi connectivity index (χ1v) is 4.82. The van der Waals surface area contributed by atoms with Crippen LogP contribution in [-0.4, -0.2) is 70.2 Å². The lowest BCUT2D eigenvalue weighted by molar-refractivity contribution is -0.132. The number of hydrogen-bond acceptors (Lipinski definition) is 5. The van der Waals surface area contributed by atoms with Gasteiger partial charge in [0.25, 0.3) is 0 Å². The van der Waals surface area contributed by atoms with E-state index in [0.29, 0.717) is 0 Å². The molecule has 1 aliphatic heterocycles. The van der Waals surface area contributed by atoms with E-state index in [1.807, 2.05) is 0 Å². The fourth-order valence-electron chi connectivity index (χ4n) is 1.71. The van der Waals surface area contributed by atoms with Gasteiger partial charge in [-0.1, -0.05) is 0 Å². The maximum absolute atomic E-state index is 12.0. The molecule has 1 aliphatic rings. The Bertz CT molecular complexity index is 216. The van der Waals surface area contributed by atoms with E-state index in [1.165, 1.54) is 38.2 Å². The van der Waals surface area contributed by atoms with Crippen LogP contribution in [0.3, 0.4) is 0 Å². The highest BCUT2D eigenvalue weighted by Gasteiger charge is 2.46. The molecule has 1 rings (SSSR count). The maximum Gasteiger partial charge on any atom is 0.328 e. The van der Waals surface area contributed by atoms with Crippen molar-refractivity contribution in [3.05, 3.63) is 0 Å². The summed E-state index contributed by atoms with van der Waals surface area (Å²) in [5, 5.41) is 0. The molecule has 0 saturated carbocycles. The molecule has 1 saturated heterocycles.